The summed E-state index contributed by atoms with van der Waals surface area (Å²) in [6.07, 6.45) is 0. The van der Waals surface area contributed by atoms with Gasteiger partial charge >= 0.3 is 0 Å². The van der Waals surface area contributed by atoms with E-state index in [9.17, 15) is 0 Å². The van der Waals surface area contributed by atoms with E-state index in [4.69, 9.17) is 0 Å². The maximum atomic E-state index is 2.41. The third-order valence-corrected chi connectivity index (χ3v) is 14.0. The van der Waals surface area contributed by atoms with Crippen LogP contribution in [-0.4, -0.2) is 13.7 Å². The number of para-hydroxylation sites is 2. The molecule has 3 aromatic heterocycles. The number of fused-ring (bicyclic) bond motifs is 9. The van der Waals surface area contributed by atoms with Gasteiger partial charge in [0.1, 0.15) is 0 Å². The van der Waals surface area contributed by atoms with E-state index in [1.165, 1.54) is 121 Å². The highest BCUT2D eigenvalue weighted by Gasteiger charge is 2.17. The second-order valence-corrected chi connectivity index (χ2v) is 18.6. The number of hydrogen-bond donors (Lipinski definition) is 0. The van der Waals surface area contributed by atoms with Gasteiger partial charge in [-0.15, -0.1) is 0 Å². The van der Waals surface area contributed by atoms with Crippen LogP contribution in [0, 0.1) is 27.7 Å². The normalized spacial score (nSPS) is 11.9. The number of nitrogens with zero attached hydrogens (tertiary/aromatic N) is 3. The summed E-state index contributed by atoms with van der Waals surface area (Å²) in [6.45, 7) is 8.71. The minimum atomic E-state index is 1.15. The van der Waals surface area contributed by atoms with Crippen molar-refractivity contribution in [2.75, 3.05) is 0 Å². The summed E-state index contributed by atoms with van der Waals surface area (Å²) in [4.78, 5) is 0. The number of benzene rings is 10. The Morgan fingerprint density at radius 1 is 0.209 bits per heavy atom. The van der Waals surface area contributed by atoms with Gasteiger partial charge in [0.2, 0.25) is 0 Å². The van der Waals surface area contributed by atoms with Crippen molar-refractivity contribution in [3.8, 4) is 50.4 Å². The van der Waals surface area contributed by atoms with Crippen molar-refractivity contribution in [3.63, 3.8) is 0 Å². The molecule has 67 heavy (non-hydrogen) atoms. The average Bonchev–Trinajstić information content (AvgIpc) is 3.98. The minimum absolute atomic E-state index is 1.15. The second kappa shape index (κ2) is 15.1. The van der Waals surface area contributed by atoms with Gasteiger partial charge in [0.25, 0.3) is 0 Å². The number of aromatic nitrogens is 3. The molecule has 3 heteroatoms. The Morgan fingerprint density at radius 2 is 0.463 bits per heavy atom. The van der Waals surface area contributed by atoms with Crippen molar-refractivity contribution in [2.45, 2.75) is 27.7 Å². The van der Waals surface area contributed by atoms with Gasteiger partial charge in [0, 0.05) is 49.4 Å². The lowest BCUT2D eigenvalue weighted by atomic mass is 9.93. The van der Waals surface area contributed by atoms with Crippen molar-refractivity contribution < 1.29 is 0 Å². The maximum absolute atomic E-state index is 2.41. The van der Waals surface area contributed by atoms with E-state index in [0.717, 1.165) is 17.1 Å². The van der Waals surface area contributed by atoms with Crippen molar-refractivity contribution >= 4 is 65.4 Å². The third kappa shape index (κ3) is 6.34. The van der Waals surface area contributed by atoms with Gasteiger partial charge in [-0.05, 0) is 176 Å². The molecule has 0 N–H and O–H groups in total. The van der Waals surface area contributed by atoms with Crippen LogP contribution in [-0.2, 0) is 0 Å². The SMILES string of the molecule is Cc1ccc2c(c1)c1cc(C)ccc1n2-c1ccc(-c2cc(-c3ccc(-n4c5ccccc5c5ccccc54)cc3)cc(-c3ccc(-n4c5ccc(C)cc5c5cc(C)ccc54)cc3)c2)cc1. The molecular formula is C64H47N3. The zero-order valence-corrected chi connectivity index (χ0v) is 38.0. The molecule has 13 aromatic rings. The van der Waals surface area contributed by atoms with Gasteiger partial charge in [-0.3, -0.25) is 0 Å². The first-order valence-corrected chi connectivity index (χ1v) is 23.3. The fourth-order valence-corrected chi connectivity index (χ4v) is 10.8. The first-order valence-electron chi connectivity index (χ1n) is 23.3. The zero-order valence-electron chi connectivity index (χ0n) is 38.0. The Balaban J connectivity index is 0.934. The summed E-state index contributed by atoms with van der Waals surface area (Å²) in [5.74, 6) is 0. The predicted octanol–water partition coefficient (Wildman–Crippen LogP) is 17.2. The lowest BCUT2D eigenvalue weighted by Crippen LogP contribution is -1.95. The summed E-state index contributed by atoms with van der Waals surface area (Å²) in [7, 11) is 0. The second-order valence-electron chi connectivity index (χ2n) is 18.6. The van der Waals surface area contributed by atoms with Crippen molar-refractivity contribution in [1.82, 2.24) is 13.7 Å². The van der Waals surface area contributed by atoms with Crippen LogP contribution < -0.4 is 0 Å². The Bertz CT molecular complexity index is 3740. The molecule has 0 amide bonds. The van der Waals surface area contributed by atoms with Crippen LogP contribution in [0.15, 0.2) is 212 Å². The summed E-state index contributed by atoms with van der Waals surface area (Å²) in [5.41, 5.74) is 22.9. The largest absolute Gasteiger partial charge is 0.309 e. The van der Waals surface area contributed by atoms with Crippen molar-refractivity contribution in [3.05, 3.63) is 235 Å². The molecule has 0 aliphatic rings. The van der Waals surface area contributed by atoms with Gasteiger partial charge in [0.15, 0.2) is 0 Å². The van der Waals surface area contributed by atoms with Crippen LogP contribution in [0.5, 0.6) is 0 Å². The van der Waals surface area contributed by atoms with Gasteiger partial charge in [0.05, 0.1) is 33.1 Å². The molecule has 0 aliphatic heterocycles. The third-order valence-electron chi connectivity index (χ3n) is 14.0. The van der Waals surface area contributed by atoms with Crippen LogP contribution in [0.1, 0.15) is 22.3 Å². The molecular weight excluding hydrogens is 811 g/mol. The Morgan fingerprint density at radius 3 is 0.746 bits per heavy atom. The highest BCUT2D eigenvalue weighted by Crippen LogP contribution is 2.39. The van der Waals surface area contributed by atoms with E-state index in [2.05, 4.69) is 254 Å². The van der Waals surface area contributed by atoms with E-state index in [1.807, 2.05) is 0 Å². The molecule has 0 unspecified atom stereocenters. The van der Waals surface area contributed by atoms with Crippen LogP contribution in [0.3, 0.4) is 0 Å². The summed E-state index contributed by atoms with van der Waals surface area (Å²) in [5, 5.41) is 7.70. The maximum Gasteiger partial charge on any atom is 0.0541 e. The van der Waals surface area contributed by atoms with E-state index < -0.39 is 0 Å². The fraction of sp³-hybridized carbons (Fsp3) is 0.0625. The summed E-state index contributed by atoms with van der Waals surface area (Å²) in [6, 6.07) is 79.1. The lowest BCUT2D eigenvalue weighted by Gasteiger charge is -2.14. The van der Waals surface area contributed by atoms with Crippen LogP contribution in [0.2, 0.25) is 0 Å². The van der Waals surface area contributed by atoms with Gasteiger partial charge in [-0.1, -0.05) is 119 Å². The monoisotopic (exact) mass is 857 g/mol. The molecule has 0 bridgehead atoms. The van der Waals surface area contributed by atoms with Crippen LogP contribution in [0.4, 0.5) is 0 Å². The predicted molar refractivity (Wildman–Crippen MR) is 285 cm³/mol. The molecule has 0 spiro atoms. The molecule has 0 aliphatic carbocycles. The summed E-state index contributed by atoms with van der Waals surface area (Å²) < 4.78 is 7.21. The Hall–Kier alpha value is -8.40. The Kier molecular flexibility index (Phi) is 8.78. The van der Waals surface area contributed by atoms with E-state index in [-0.39, 0.29) is 0 Å². The average molecular weight is 858 g/mol. The summed E-state index contributed by atoms with van der Waals surface area (Å²) >= 11 is 0. The van der Waals surface area contributed by atoms with Gasteiger partial charge < -0.3 is 13.7 Å². The molecule has 0 saturated heterocycles. The number of aryl methyl sites for hydroxylation is 4. The van der Waals surface area contributed by atoms with Crippen molar-refractivity contribution in [1.29, 1.82) is 0 Å². The number of rotatable bonds is 6. The standard InChI is InChI=1S/C64H47N3/c1-40-13-29-61-55(33-40)56-34-41(2)14-30-62(56)66(61)51-25-19-45(20-26-51)48-37-47(44-17-23-50(24-18-44)65-59-11-7-5-9-53(59)54-10-6-8-12-60(54)65)38-49(39-48)46-21-27-52(28-22-46)67-63-31-15-42(3)35-57(63)58-36-43(4)16-32-64(58)67/h5-39H,1-4H3. The van der Waals surface area contributed by atoms with Crippen LogP contribution >= 0.6 is 0 Å². The van der Waals surface area contributed by atoms with E-state index in [0.29, 0.717) is 0 Å². The van der Waals surface area contributed by atoms with Gasteiger partial charge in [-0.2, -0.15) is 0 Å². The molecule has 10 aromatic carbocycles. The van der Waals surface area contributed by atoms with E-state index in [1.54, 1.807) is 0 Å². The van der Waals surface area contributed by atoms with Gasteiger partial charge in [-0.25, -0.2) is 0 Å². The first-order chi connectivity index (χ1) is 32.8. The number of hydrogen-bond acceptors (Lipinski definition) is 0. The molecule has 318 valence electrons. The highest BCUT2D eigenvalue weighted by molar-refractivity contribution is 6.11. The molecule has 3 nitrogen and oxygen atoms in total. The van der Waals surface area contributed by atoms with Crippen molar-refractivity contribution in [2.24, 2.45) is 0 Å². The first kappa shape index (κ1) is 39.0. The Labute approximate surface area is 390 Å². The molecule has 0 saturated carbocycles. The molecule has 0 atom stereocenters. The highest BCUT2D eigenvalue weighted by atomic mass is 15.0. The minimum Gasteiger partial charge on any atom is -0.309 e. The van der Waals surface area contributed by atoms with E-state index >= 15 is 0 Å². The molecule has 3 heterocycles. The molecule has 13 rings (SSSR count). The topological polar surface area (TPSA) is 14.8 Å². The zero-order chi connectivity index (χ0) is 44.9. The quantitative estimate of drug-likeness (QED) is 0.158. The smallest absolute Gasteiger partial charge is 0.0541 e. The molecule has 0 radical (unpaired) electrons. The van der Waals surface area contributed by atoms with Crippen LogP contribution in [0.25, 0.3) is 116 Å². The molecule has 0 fully saturated rings. The fourth-order valence-electron chi connectivity index (χ4n) is 10.8. The lowest BCUT2D eigenvalue weighted by molar-refractivity contribution is 1.18.